The number of carbonyl (C=O) groups excluding carboxylic acids is 3. The first-order valence-electron chi connectivity index (χ1n) is 9.11. The summed E-state index contributed by atoms with van der Waals surface area (Å²) >= 11 is 0. The number of carbonyl (C=O) groups is 3. The summed E-state index contributed by atoms with van der Waals surface area (Å²) in [7, 11) is 1.44. The van der Waals surface area contributed by atoms with Gasteiger partial charge in [-0.05, 0) is 55.8 Å². The van der Waals surface area contributed by atoms with Gasteiger partial charge in [0.1, 0.15) is 11.5 Å². The Kier molecular flexibility index (Phi) is 5.93. The summed E-state index contributed by atoms with van der Waals surface area (Å²) in [5.74, 6) is 0.634. The highest BCUT2D eigenvalue weighted by Gasteiger charge is 2.32. The monoisotopic (exact) mass is 382 g/mol. The van der Waals surface area contributed by atoms with Crippen molar-refractivity contribution in [1.29, 1.82) is 0 Å². The average molecular weight is 382 g/mol. The van der Waals surface area contributed by atoms with Gasteiger partial charge in [0.05, 0.1) is 24.3 Å². The molecule has 3 rings (SSSR count). The van der Waals surface area contributed by atoms with Crippen LogP contribution in [0.25, 0.3) is 0 Å². The van der Waals surface area contributed by atoms with Crippen LogP contribution >= 0.6 is 0 Å². The zero-order valence-electron chi connectivity index (χ0n) is 15.9. The normalized spacial score (nSPS) is 12.7. The maximum atomic E-state index is 12.1. The van der Waals surface area contributed by atoms with E-state index in [1.807, 2.05) is 31.2 Å². The third kappa shape index (κ3) is 4.31. The molecule has 0 saturated carbocycles. The van der Waals surface area contributed by atoms with Gasteiger partial charge in [0.15, 0.2) is 0 Å². The minimum Gasteiger partial charge on any atom is -0.494 e. The van der Waals surface area contributed by atoms with Gasteiger partial charge in [0.25, 0.3) is 11.8 Å². The molecule has 2 aromatic carbocycles. The van der Waals surface area contributed by atoms with Gasteiger partial charge < -0.3 is 14.8 Å². The summed E-state index contributed by atoms with van der Waals surface area (Å²) in [4.78, 5) is 37.1. The van der Waals surface area contributed by atoms with Gasteiger partial charge in [-0.3, -0.25) is 19.3 Å². The van der Waals surface area contributed by atoms with Gasteiger partial charge >= 0.3 is 0 Å². The second-order valence-corrected chi connectivity index (χ2v) is 6.33. The van der Waals surface area contributed by atoms with Crippen LogP contribution in [0.1, 0.15) is 40.5 Å². The SMILES string of the molecule is CCOc1ccc(OCCCC(=O)Nc2ccc3c(c2)C(=O)N(C)C3=O)cc1. The van der Waals surface area contributed by atoms with Crippen LogP contribution in [0, 0.1) is 0 Å². The summed E-state index contributed by atoms with van der Waals surface area (Å²) in [6.45, 7) is 2.94. The molecule has 7 nitrogen and oxygen atoms in total. The Morgan fingerprint density at radius 1 is 0.964 bits per heavy atom. The molecule has 0 spiro atoms. The van der Waals surface area contributed by atoms with Crippen molar-refractivity contribution in [3.63, 3.8) is 0 Å². The van der Waals surface area contributed by atoms with E-state index in [0.29, 0.717) is 36.4 Å². The van der Waals surface area contributed by atoms with E-state index in [9.17, 15) is 14.4 Å². The fourth-order valence-electron chi connectivity index (χ4n) is 2.88. The molecule has 7 heteroatoms. The molecule has 1 aliphatic heterocycles. The van der Waals surface area contributed by atoms with Crippen molar-refractivity contribution in [2.75, 3.05) is 25.6 Å². The zero-order chi connectivity index (χ0) is 20.1. The second kappa shape index (κ2) is 8.56. The maximum Gasteiger partial charge on any atom is 0.261 e. The molecule has 1 N–H and O–H groups in total. The first-order chi connectivity index (χ1) is 13.5. The van der Waals surface area contributed by atoms with E-state index in [1.54, 1.807) is 12.1 Å². The van der Waals surface area contributed by atoms with E-state index >= 15 is 0 Å². The van der Waals surface area contributed by atoms with E-state index in [-0.39, 0.29) is 24.1 Å². The molecule has 0 radical (unpaired) electrons. The van der Waals surface area contributed by atoms with Gasteiger partial charge in [0, 0.05) is 19.2 Å². The van der Waals surface area contributed by atoms with Crippen molar-refractivity contribution in [1.82, 2.24) is 4.90 Å². The van der Waals surface area contributed by atoms with Crippen molar-refractivity contribution >= 4 is 23.4 Å². The second-order valence-electron chi connectivity index (χ2n) is 6.33. The molecule has 0 saturated heterocycles. The van der Waals surface area contributed by atoms with E-state index in [4.69, 9.17) is 9.47 Å². The molecule has 0 aliphatic carbocycles. The average Bonchev–Trinajstić information content (AvgIpc) is 2.91. The zero-order valence-corrected chi connectivity index (χ0v) is 15.9. The van der Waals surface area contributed by atoms with Crippen LogP contribution in [0.5, 0.6) is 11.5 Å². The van der Waals surface area contributed by atoms with Gasteiger partial charge in [-0.2, -0.15) is 0 Å². The van der Waals surface area contributed by atoms with Crippen molar-refractivity contribution in [2.24, 2.45) is 0 Å². The van der Waals surface area contributed by atoms with Crippen LogP contribution < -0.4 is 14.8 Å². The number of ether oxygens (including phenoxy) is 2. The summed E-state index contributed by atoms with van der Waals surface area (Å²) in [5.41, 5.74) is 1.16. The predicted octanol–water partition coefficient (Wildman–Crippen LogP) is 3.11. The minimum atomic E-state index is -0.361. The van der Waals surface area contributed by atoms with Gasteiger partial charge in [0.2, 0.25) is 5.91 Å². The lowest BCUT2D eigenvalue weighted by atomic mass is 10.1. The highest BCUT2D eigenvalue weighted by atomic mass is 16.5. The molecule has 0 atom stereocenters. The maximum absolute atomic E-state index is 12.1. The molecule has 1 heterocycles. The van der Waals surface area contributed by atoms with E-state index in [0.717, 1.165) is 16.4 Å². The van der Waals surface area contributed by atoms with Crippen molar-refractivity contribution in [2.45, 2.75) is 19.8 Å². The molecule has 0 fully saturated rings. The Morgan fingerprint density at radius 2 is 1.61 bits per heavy atom. The topological polar surface area (TPSA) is 84.9 Å². The van der Waals surface area contributed by atoms with Gasteiger partial charge in [-0.1, -0.05) is 0 Å². The number of nitrogens with zero attached hydrogens (tertiary/aromatic N) is 1. The first-order valence-corrected chi connectivity index (χ1v) is 9.11. The third-order valence-electron chi connectivity index (χ3n) is 4.33. The van der Waals surface area contributed by atoms with Crippen LogP contribution in [-0.4, -0.2) is 42.9 Å². The van der Waals surface area contributed by atoms with Gasteiger partial charge in [-0.15, -0.1) is 0 Å². The van der Waals surface area contributed by atoms with Crippen molar-refractivity contribution in [3.05, 3.63) is 53.6 Å². The number of fused-ring (bicyclic) bond motifs is 1. The number of rotatable bonds is 8. The Morgan fingerprint density at radius 3 is 2.29 bits per heavy atom. The standard InChI is InChI=1S/C21H22N2O5/c1-3-27-15-7-9-16(10-8-15)28-12-4-5-19(24)22-14-6-11-17-18(13-14)21(26)23(2)20(17)25/h6-11,13H,3-5,12H2,1-2H3,(H,22,24). The smallest absolute Gasteiger partial charge is 0.261 e. The van der Waals surface area contributed by atoms with E-state index < -0.39 is 0 Å². The summed E-state index contributed by atoms with van der Waals surface area (Å²) in [6.07, 6.45) is 0.824. The third-order valence-corrected chi connectivity index (χ3v) is 4.33. The van der Waals surface area contributed by atoms with Gasteiger partial charge in [-0.25, -0.2) is 0 Å². The molecular formula is C21H22N2O5. The molecule has 0 unspecified atom stereocenters. The molecule has 2 aromatic rings. The van der Waals surface area contributed by atoms with Crippen molar-refractivity contribution < 1.29 is 23.9 Å². The Bertz CT molecular complexity index is 892. The number of hydrogen-bond acceptors (Lipinski definition) is 5. The van der Waals surface area contributed by atoms with Crippen LogP contribution in [0.3, 0.4) is 0 Å². The first kappa shape index (κ1) is 19.4. The largest absolute Gasteiger partial charge is 0.494 e. The Hall–Kier alpha value is -3.35. The number of hydrogen-bond donors (Lipinski definition) is 1. The van der Waals surface area contributed by atoms with E-state index in [1.165, 1.54) is 13.1 Å². The number of benzene rings is 2. The fraction of sp³-hybridized carbons (Fsp3) is 0.286. The molecule has 28 heavy (non-hydrogen) atoms. The highest BCUT2D eigenvalue weighted by molar-refractivity contribution is 6.21. The molecule has 0 bridgehead atoms. The lowest BCUT2D eigenvalue weighted by Gasteiger charge is -2.08. The van der Waals surface area contributed by atoms with Crippen molar-refractivity contribution in [3.8, 4) is 11.5 Å². The lowest BCUT2D eigenvalue weighted by Crippen LogP contribution is -2.24. The van der Waals surface area contributed by atoms with Crippen LogP contribution in [0.2, 0.25) is 0 Å². The minimum absolute atomic E-state index is 0.180. The summed E-state index contributed by atoms with van der Waals surface area (Å²) in [6, 6.07) is 12.0. The van der Waals surface area contributed by atoms with E-state index in [2.05, 4.69) is 5.32 Å². The molecular weight excluding hydrogens is 360 g/mol. The van der Waals surface area contributed by atoms with Crippen LogP contribution in [0.15, 0.2) is 42.5 Å². The Balaban J connectivity index is 1.45. The summed E-state index contributed by atoms with van der Waals surface area (Å²) in [5, 5.41) is 2.75. The lowest BCUT2D eigenvalue weighted by molar-refractivity contribution is -0.116. The summed E-state index contributed by atoms with van der Waals surface area (Å²) < 4.78 is 11.0. The number of amides is 3. The molecule has 0 aromatic heterocycles. The number of nitrogens with one attached hydrogen (secondary N) is 1. The quantitative estimate of drug-likeness (QED) is 0.560. The fourth-order valence-corrected chi connectivity index (χ4v) is 2.88. The highest BCUT2D eigenvalue weighted by Crippen LogP contribution is 2.25. The molecule has 3 amide bonds. The van der Waals surface area contributed by atoms with Crippen LogP contribution in [-0.2, 0) is 4.79 Å². The van der Waals surface area contributed by atoms with Crippen LogP contribution in [0.4, 0.5) is 5.69 Å². The predicted molar refractivity (Wildman–Crippen MR) is 104 cm³/mol. The molecule has 1 aliphatic rings. The Labute approximate surface area is 163 Å². The number of imide groups is 1. The molecule has 146 valence electrons. The number of anilines is 1.